The highest BCUT2D eigenvalue weighted by Gasteiger charge is 2.19. The van der Waals surface area contributed by atoms with E-state index >= 15 is 0 Å². The molecule has 0 radical (unpaired) electrons. The molecule has 0 atom stereocenters. The minimum atomic E-state index is 0.244. The number of aryl methyl sites for hydroxylation is 2. The number of hydrogen-bond donors (Lipinski definition) is 0. The predicted molar refractivity (Wildman–Crippen MR) is 89.9 cm³/mol. The average Bonchev–Trinajstić information content (AvgIpc) is 2.98. The molecule has 5 heteroatoms. The SMILES string of the molecule is Cc1ccc(CN2CCCn3cnc(COC(C)C)c3C2)s1. The molecule has 0 saturated carbocycles. The number of imidazole rings is 1. The quantitative estimate of drug-likeness (QED) is 0.844. The number of fused-ring (bicyclic) bond motifs is 1. The summed E-state index contributed by atoms with van der Waals surface area (Å²) < 4.78 is 8.06. The second-order valence-electron chi connectivity index (χ2n) is 6.27. The lowest BCUT2D eigenvalue weighted by molar-refractivity contribution is 0.0628. The smallest absolute Gasteiger partial charge is 0.0953 e. The van der Waals surface area contributed by atoms with Crippen LogP contribution in [0.15, 0.2) is 18.5 Å². The van der Waals surface area contributed by atoms with Crippen molar-refractivity contribution in [2.45, 2.75) is 59.5 Å². The maximum Gasteiger partial charge on any atom is 0.0953 e. The highest BCUT2D eigenvalue weighted by molar-refractivity contribution is 7.11. The Hall–Kier alpha value is -1.17. The van der Waals surface area contributed by atoms with Gasteiger partial charge in [-0.15, -0.1) is 11.3 Å². The molecule has 2 aromatic heterocycles. The van der Waals surface area contributed by atoms with Crippen molar-refractivity contribution in [2.24, 2.45) is 0 Å². The fourth-order valence-corrected chi connectivity index (χ4v) is 3.80. The molecule has 3 rings (SSSR count). The molecular weight excluding hydrogens is 294 g/mol. The van der Waals surface area contributed by atoms with Crippen molar-refractivity contribution in [3.8, 4) is 0 Å². The summed E-state index contributed by atoms with van der Waals surface area (Å²) in [4.78, 5) is 9.94. The van der Waals surface area contributed by atoms with Crippen molar-refractivity contribution in [2.75, 3.05) is 6.54 Å². The minimum absolute atomic E-state index is 0.244. The van der Waals surface area contributed by atoms with Gasteiger partial charge in [-0.3, -0.25) is 4.90 Å². The summed E-state index contributed by atoms with van der Waals surface area (Å²) in [5.41, 5.74) is 2.43. The van der Waals surface area contributed by atoms with Gasteiger partial charge in [0.25, 0.3) is 0 Å². The van der Waals surface area contributed by atoms with Crippen molar-refractivity contribution in [3.05, 3.63) is 39.6 Å². The van der Waals surface area contributed by atoms with Gasteiger partial charge in [0.2, 0.25) is 0 Å². The van der Waals surface area contributed by atoms with Crippen LogP contribution in [0.4, 0.5) is 0 Å². The third-order valence-corrected chi connectivity index (χ3v) is 4.99. The first-order valence-corrected chi connectivity index (χ1v) is 8.85. The Labute approximate surface area is 136 Å². The van der Waals surface area contributed by atoms with Crippen LogP contribution in [0.25, 0.3) is 0 Å². The number of nitrogens with zero attached hydrogens (tertiary/aromatic N) is 3. The third kappa shape index (κ3) is 3.77. The molecule has 0 bridgehead atoms. The largest absolute Gasteiger partial charge is 0.372 e. The fraction of sp³-hybridized carbons (Fsp3) is 0.588. The van der Waals surface area contributed by atoms with Crippen molar-refractivity contribution in [3.63, 3.8) is 0 Å². The van der Waals surface area contributed by atoms with Gasteiger partial charge in [-0.2, -0.15) is 0 Å². The van der Waals surface area contributed by atoms with Gasteiger partial charge in [0.15, 0.2) is 0 Å². The first kappa shape index (κ1) is 15.7. The molecule has 4 nitrogen and oxygen atoms in total. The van der Waals surface area contributed by atoms with E-state index < -0.39 is 0 Å². The van der Waals surface area contributed by atoms with Crippen LogP contribution in [0, 0.1) is 6.92 Å². The topological polar surface area (TPSA) is 30.3 Å². The Bertz CT molecular complexity index is 617. The molecule has 3 heterocycles. The molecule has 0 N–H and O–H groups in total. The minimum Gasteiger partial charge on any atom is -0.372 e. The normalized spacial score (nSPS) is 16.0. The summed E-state index contributed by atoms with van der Waals surface area (Å²) in [5, 5.41) is 0. The molecule has 0 unspecified atom stereocenters. The van der Waals surface area contributed by atoms with Crippen LogP contribution in [0.5, 0.6) is 0 Å². The summed E-state index contributed by atoms with van der Waals surface area (Å²) in [6.45, 7) is 11.1. The van der Waals surface area contributed by atoms with E-state index in [2.05, 4.69) is 47.4 Å². The number of hydrogen-bond acceptors (Lipinski definition) is 4. The molecule has 2 aromatic rings. The fourth-order valence-electron chi connectivity index (χ4n) is 2.87. The molecule has 22 heavy (non-hydrogen) atoms. The summed E-state index contributed by atoms with van der Waals surface area (Å²) >= 11 is 1.90. The standard InChI is InChI=1S/C17H25N3OS/c1-13(2)21-11-16-17-10-19(7-4-8-20(17)12-18-16)9-15-6-5-14(3)22-15/h5-6,12-13H,4,7-11H2,1-3H3. The van der Waals surface area contributed by atoms with Crippen LogP contribution in [0.2, 0.25) is 0 Å². The average molecular weight is 319 g/mol. The zero-order valence-corrected chi connectivity index (χ0v) is 14.5. The first-order chi connectivity index (χ1) is 10.6. The number of aromatic nitrogens is 2. The van der Waals surface area contributed by atoms with E-state index in [1.165, 1.54) is 21.9 Å². The van der Waals surface area contributed by atoms with Crippen LogP contribution < -0.4 is 0 Å². The lowest BCUT2D eigenvalue weighted by Crippen LogP contribution is -2.23. The van der Waals surface area contributed by atoms with Crippen LogP contribution in [0.1, 0.15) is 41.4 Å². The molecule has 0 amide bonds. The predicted octanol–water partition coefficient (Wildman–Crippen LogP) is 3.58. The highest BCUT2D eigenvalue weighted by atomic mass is 32.1. The van der Waals surface area contributed by atoms with E-state index in [0.29, 0.717) is 6.61 Å². The van der Waals surface area contributed by atoms with E-state index in [-0.39, 0.29) is 6.10 Å². The van der Waals surface area contributed by atoms with Crippen molar-refractivity contribution >= 4 is 11.3 Å². The number of rotatable bonds is 5. The Kier molecular flexibility index (Phi) is 4.96. The number of thiophene rings is 1. The van der Waals surface area contributed by atoms with E-state index in [0.717, 1.165) is 31.9 Å². The van der Waals surface area contributed by atoms with Gasteiger partial charge in [-0.1, -0.05) is 0 Å². The molecule has 0 aromatic carbocycles. The van der Waals surface area contributed by atoms with Crippen LogP contribution in [-0.2, 0) is 31.0 Å². The summed E-state index contributed by atoms with van der Waals surface area (Å²) in [5.74, 6) is 0. The molecule has 0 fully saturated rings. The van der Waals surface area contributed by atoms with Crippen molar-refractivity contribution < 1.29 is 4.74 Å². The van der Waals surface area contributed by atoms with Crippen LogP contribution in [-0.4, -0.2) is 27.1 Å². The van der Waals surface area contributed by atoms with Gasteiger partial charge in [-0.05, 0) is 39.3 Å². The molecule has 120 valence electrons. The molecule has 0 spiro atoms. The Morgan fingerprint density at radius 2 is 2.18 bits per heavy atom. The molecule has 0 aliphatic carbocycles. The summed E-state index contributed by atoms with van der Waals surface area (Å²) in [7, 11) is 0. The highest BCUT2D eigenvalue weighted by Crippen LogP contribution is 2.22. The van der Waals surface area contributed by atoms with E-state index in [9.17, 15) is 0 Å². The van der Waals surface area contributed by atoms with E-state index in [1.54, 1.807) is 0 Å². The van der Waals surface area contributed by atoms with Gasteiger partial charge in [0.05, 0.1) is 30.4 Å². The van der Waals surface area contributed by atoms with Gasteiger partial charge in [-0.25, -0.2) is 4.98 Å². The molecule has 1 aliphatic rings. The maximum absolute atomic E-state index is 5.76. The lowest BCUT2D eigenvalue weighted by Gasteiger charge is -2.19. The van der Waals surface area contributed by atoms with Gasteiger partial charge < -0.3 is 9.30 Å². The number of ether oxygens (including phenoxy) is 1. The maximum atomic E-state index is 5.76. The first-order valence-electron chi connectivity index (χ1n) is 8.04. The summed E-state index contributed by atoms with van der Waals surface area (Å²) in [6, 6.07) is 4.47. The van der Waals surface area contributed by atoms with E-state index in [4.69, 9.17) is 4.74 Å². The second kappa shape index (κ2) is 6.94. The van der Waals surface area contributed by atoms with Gasteiger partial charge >= 0.3 is 0 Å². The zero-order chi connectivity index (χ0) is 15.5. The molecule has 0 saturated heterocycles. The third-order valence-electron chi connectivity index (χ3n) is 4.01. The molecule has 1 aliphatic heterocycles. The summed E-state index contributed by atoms with van der Waals surface area (Å²) in [6.07, 6.45) is 3.40. The van der Waals surface area contributed by atoms with Crippen molar-refractivity contribution in [1.82, 2.24) is 14.5 Å². The Morgan fingerprint density at radius 3 is 2.91 bits per heavy atom. The Balaban J connectivity index is 1.71. The van der Waals surface area contributed by atoms with Crippen LogP contribution >= 0.6 is 11.3 Å². The van der Waals surface area contributed by atoms with Crippen molar-refractivity contribution in [1.29, 1.82) is 0 Å². The molecular formula is C17H25N3OS. The second-order valence-corrected chi connectivity index (χ2v) is 7.64. The van der Waals surface area contributed by atoms with E-state index in [1.807, 2.05) is 17.7 Å². The Morgan fingerprint density at radius 1 is 1.32 bits per heavy atom. The van der Waals surface area contributed by atoms with Crippen LogP contribution in [0.3, 0.4) is 0 Å². The lowest BCUT2D eigenvalue weighted by atomic mass is 10.3. The monoisotopic (exact) mass is 319 g/mol. The van der Waals surface area contributed by atoms with Gasteiger partial charge in [0.1, 0.15) is 0 Å². The zero-order valence-electron chi connectivity index (χ0n) is 13.7. The van der Waals surface area contributed by atoms with Gasteiger partial charge in [0, 0.05) is 35.9 Å².